The Morgan fingerprint density at radius 3 is 1.88 bits per heavy atom. The molecule has 4 aromatic carbocycles. The fraction of sp³-hybridized carbons (Fsp3) is 0.0455. The van der Waals surface area contributed by atoms with E-state index in [1.54, 1.807) is 0 Å². The van der Waals surface area contributed by atoms with Crippen molar-refractivity contribution in [2.24, 2.45) is 0 Å². The van der Waals surface area contributed by atoms with E-state index in [9.17, 15) is 4.79 Å². The number of rotatable bonds is 2. The van der Waals surface area contributed by atoms with E-state index in [1.807, 2.05) is 36.4 Å². The normalized spacial score (nSPS) is 11.1. The predicted molar refractivity (Wildman–Crippen MR) is 102 cm³/mol. The number of hydrogen-bond donors (Lipinski definition) is 0. The Hall–Kier alpha value is -2.64. The van der Waals surface area contributed by atoms with Crippen molar-refractivity contribution in [3.63, 3.8) is 0 Å². The van der Waals surface area contributed by atoms with Crippen molar-refractivity contribution in [2.45, 2.75) is 6.92 Å². The van der Waals surface area contributed by atoms with E-state index in [4.69, 9.17) is 11.6 Å². The first kappa shape index (κ1) is 14.9. The Bertz CT molecular complexity index is 1100. The van der Waals surface area contributed by atoms with Gasteiger partial charge in [0, 0.05) is 11.1 Å². The average molecular weight is 331 g/mol. The summed E-state index contributed by atoms with van der Waals surface area (Å²) in [5.74, 6) is 0. The summed E-state index contributed by atoms with van der Waals surface area (Å²) in [6.45, 7) is 2.08. The highest BCUT2D eigenvalue weighted by molar-refractivity contribution is 6.68. The molecule has 0 radical (unpaired) electrons. The number of carbonyl (C=O) groups excluding carboxylic acids is 1. The molecule has 116 valence electrons. The zero-order valence-corrected chi connectivity index (χ0v) is 14.0. The summed E-state index contributed by atoms with van der Waals surface area (Å²) in [5.41, 5.74) is 3.68. The molecule has 0 aromatic heterocycles. The lowest BCUT2D eigenvalue weighted by atomic mass is 9.88. The molecule has 0 spiro atoms. The minimum absolute atomic E-state index is 0.428. The van der Waals surface area contributed by atoms with Crippen LogP contribution in [-0.2, 0) is 0 Å². The summed E-state index contributed by atoms with van der Waals surface area (Å²) in [6.07, 6.45) is 0. The first-order chi connectivity index (χ1) is 11.7. The molecule has 2 heteroatoms. The number of carbonyl (C=O) groups is 1. The molecule has 0 aliphatic heterocycles. The van der Waals surface area contributed by atoms with Gasteiger partial charge in [0.25, 0.3) is 5.24 Å². The molecule has 0 fully saturated rings. The van der Waals surface area contributed by atoms with Crippen LogP contribution in [-0.4, -0.2) is 5.24 Å². The van der Waals surface area contributed by atoms with Crippen molar-refractivity contribution in [2.75, 3.05) is 0 Å². The van der Waals surface area contributed by atoms with Crippen molar-refractivity contribution >= 4 is 38.4 Å². The van der Waals surface area contributed by atoms with Crippen molar-refractivity contribution in [1.29, 1.82) is 0 Å². The highest BCUT2D eigenvalue weighted by Gasteiger charge is 2.18. The number of benzene rings is 4. The third-order valence-corrected chi connectivity index (χ3v) is 4.73. The second kappa shape index (κ2) is 5.77. The van der Waals surface area contributed by atoms with Crippen LogP contribution in [0.3, 0.4) is 0 Å². The highest BCUT2D eigenvalue weighted by atomic mass is 35.5. The van der Waals surface area contributed by atoms with Crippen LogP contribution in [0.15, 0.2) is 72.8 Å². The first-order valence-corrected chi connectivity index (χ1v) is 8.25. The van der Waals surface area contributed by atoms with E-state index in [0.717, 1.165) is 38.2 Å². The van der Waals surface area contributed by atoms with Gasteiger partial charge in [0.05, 0.1) is 0 Å². The van der Waals surface area contributed by atoms with Gasteiger partial charge in [-0.3, -0.25) is 4.79 Å². The van der Waals surface area contributed by atoms with Gasteiger partial charge in [-0.1, -0.05) is 66.7 Å². The van der Waals surface area contributed by atoms with Crippen LogP contribution in [0, 0.1) is 6.92 Å². The second-order valence-electron chi connectivity index (χ2n) is 5.96. The molecule has 4 aromatic rings. The monoisotopic (exact) mass is 330 g/mol. The van der Waals surface area contributed by atoms with Crippen LogP contribution in [0.25, 0.3) is 32.7 Å². The third kappa shape index (κ3) is 2.29. The second-order valence-corrected chi connectivity index (χ2v) is 6.30. The lowest BCUT2D eigenvalue weighted by Gasteiger charge is -2.16. The van der Waals surface area contributed by atoms with Gasteiger partial charge < -0.3 is 0 Å². The Labute approximate surface area is 145 Å². The summed E-state index contributed by atoms with van der Waals surface area (Å²) in [5, 5.41) is 4.00. The zero-order valence-electron chi connectivity index (χ0n) is 13.2. The Balaban J connectivity index is 2.23. The Morgan fingerprint density at radius 2 is 1.25 bits per heavy atom. The summed E-state index contributed by atoms with van der Waals surface area (Å²) in [4.78, 5) is 12.1. The average Bonchev–Trinajstić information content (AvgIpc) is 2.61. The van der Waals surface area contributed by atoms with Crippen LogP contribution in [0.2, 0.25) is 0 Å². The molecule has 0 saturated carbocycles. The number of hydrogen-bond acceptors (Lipinski definition) is 1. The van der Waals surface area contributed by atoms with Gasteiger partial charge in [0.15, 0.2) is 0 Å². The number of fused-ring (bicyclic) bond motifs is 2. The fourth-order valence-electron chi connectivity index (χ4n) is 3.42. The molecule has 1 nitrogen and oxygen atoms in total. The smallest absolute Gasteiger partial charge is 0.253 e. The molecule has 0 bridgehead atoms. The maximum atomic E-state index is 12.1. The third-order valence-electron chi connectivity index (χ3n) is 4.53. The Morgan fingerprint density at radius 1 is 0.708 bits per heavy atom. The molecule has 0 unspecified atom stereocenters. The minimum Gasteiger partial charge on any atom is -0.276 e. The van der Waals surface area contributed by atoms with Crippen molar-refractivity contribution in [3.8, 4) is 11.1 Å². The molecule has 0 aliphatic carbocycles. The lowest BCUT2D eigenvalue weighted by Crippen LogP contribution is -1.97. The molecule has 0 aliphatic rings. The Kier molecular flexibility index (Phi) is 3.59. The fourth-order valence-corrected chi connectivity index (χ4v) is 3.57. The maximum Gasteiger partial charge on any atom is 0.253 e. The summed E-state index contributed by atoms with van der Waals surface area (Å²) in [7, 11) is 0. The standard InChI is InChI=1S/C22H15ClO/c1-14-10-11-15-6-2-4-8-17(15)20(14)21-18-9-5-3-7-16(18)12-13-19(21)22(23)24/h2-13H,1H3. The maximum absolute atomic E-state index is 12.1. The van der Waals surface area contributed by atoms with E-state index < -0.39 is 5.24 Å². The zero-order chi connectivity index (χ0) is 16.7. The van der Waals surface area contributed by atoms with E-state index in [2.05, 4.69) is 43.3 Å². The van der Waals surface area contributed by atoms with Crippen LogP contribution in [0.5, 0.6) is 0 Å². The number of aryl methyl sites for hydroxylation is 1. The van der Waals surface area contributed by atoms with Gasteiger partial charge in [-0.2, -0.15) is 0 Å². The van der Waals surface area contributed by atoms with E-state index in [0.29, 0.717) is 5.56 Å². The van der Waals surface area contributed by atoms with Gasteiger partial charge in [-0.05, 0) is 57.3 Å². The molecule has 24 heavy (non-hydrogen) atoms. The molecular weight excluding hydrogens is 316 g/mol. The largest absolute Gasteiger partial charge is 0.276 e. The summed E-state index contributed by atoms with van der Waals surface area (Å²) in [6, 6.07) is 24.3. The van der Waals surface area contributed by atoms with Crippen molar-refractivity contribution < 1.29 is 4.79 Å². The van der Waals surface area contributed by atoms with E-state index in [1.165, 1.54) is 0 Å². The van der Waals surface area contributed by atoms with Crippen molar-refractivity contribution in [3.05, 3.63) is 83.9 Å². The molecular formula is C22H15ClO. The van der Waals surface area contributed by atoms with Gasteiger partial charge >= 0.3 is 0 Å². The topological polar surface area (TPSA) is 17.1 Å². The van der Waals surface area contributed by atoms with E-state index in [-0.39, 0.29) is 0 Å². The number of halogens is 1. The van der Waals surface area contributed by atoms with Crippen LogP contribution in [0.1, 0.15) is 15.9 Å². The summed E-state index contributed by atoms with van der Waals surface area (Å²) >= 11 is 5.92. The highest BCUT2D eigenvalue weighted by Crippen LogP contribution is 2.39. The van der Waals surface area contributed by atoms with Crippen LogP contribution in [0.4, 0.5) is 0 Å². The molecule has 0 amide bonds. The molecule has 0 atom stereocenters. The van der Waals surface area contributed by atoms with Crippen molar-refractivity contribution in [1.82, 2.24) is 0 Å². The van der Waals surface area contributed by atoms with Crippen LogP contribution >= 0.6 is 11.6 Å². The summed E-state index contributed by atoms with van der Waals surface area (Å²) < 4.78 is 0. The van der Waals surface area contributed by atoms with Gasteiger partial charge in [0.1, 0.15) is 0 Å². The first-order valence-electron chi connectivity index (χ1n) is 7.87. The molecule has 4 rings (SSSR count). The molecule has 0 heterocycles. The SMILES string of the molecule is Cc1ccc2ccccc2c1-c1c(C(=O)Cl)ccc2ccccc12. The van der Waals surface area contributed by atoms with Gasteiger partial charge in [-0.25, -0.2) is 0 Å². The predicted octanol–water partition coefficient (Wildman–Crippen LogP) is 6.35. The quantitative estimate of drug-likeness (QED) is 0.391. The van der Waals surface area contributed by atoms with Gasteiger partial charge in [0.2, 0.25) is 0 Å². The molecule has 0 saturated heterocycles. The van der Waals surface area contributed by atoms with Crippen LogP contribution < -0.4 is 0 Å². The lowest BCUT2D eigenvalue weighted by molar-refractivity contribution is 0.108. The molecule has 0 N–H and O–H groups in total. The minimum atomic E-state index is -0.428. The van der Waals surface area contributed by atoms with Gasteiger partial charge in [-0.15, -0.1) is 0 Å². The van der Waals surface area contributed by atoms with E-state index >= 15 is 0 Å².